The lowest BCUT2D eigenvalue weighted by molar-refractivity contribution is -0.143. The fourth-order valence-corrected chi connectivity index (χ4v) is 13.3. The molecule has 8 rings (SSSR count). The van der Waals surface area contributed by atoms with Gasteiger partial charge in [0.15, 0.2) is 0 Å². The van der Waals surface area contributed by atoms with Gasteiger partial charge in [0.1, 0.15) is 60.4 Å². The second-order valence-corrected chi connectivity index (χ2v) is 27.7. The van der Waals surface area contributed by atoms with E-state index < -0.39 is 163 Å². The summed E-state index contributed by atoms with van der Waals surface area (Å²) in [7, 11) is 0. The van der Waals surface area contributed by atoms with Gasteiger partial charge in [-0.25, -0.2) is 4.79 Å². The Morgan fingerprint density at radius 2 is 0.894 bits per heavy atom. The minimum absolute atomic E-state index is 0.0345. The number of rotatable bonds is 39. The molecule has 18 N–H and O–H groups in total. The van der Waals surface area contributed by atoms with E-state index in [1.807, 2.05) is 30.5 Å². The highest BCUT2D eigenvalue weighted by molar-refractivity contribution is 7.98. The second-order valence-electron chi connectivity index (χ2n) is 25.8. The summed E-state index contributed by atoms with van der Waals surface area (Å²) >= 11 is 2.80. The van der Waals surface area contributed by atoms with Crippen LogP contribution in [0.5, 0.6) is 0 Å². The van der Waals surface area contributed by atoms with Gasteiger partial charge in [-0.1, -0.05) is 98.8 Å². The summed E-state index contributed by atoms with van der Waals surface area (Å²) in [5, 5.41) is 65.5. The first-order chi connectivity index (χ1) is 49.9. The van der Waals surface area contributed by atoms with Crippen molar-refractivity contribution in [2.75, 3.05) is 43.8 Å². The quantitative estimate of drug-likeness (QED) is 0.0253. The number of nitrogens with one attached hydrogen (secondary N) is 12. The lowest BCUT2D eigenvalue weighted by Gasteiger charge is -2.31. The van der Waals surface area contributed by atoms with Crippen molar-refractivity contribution in [3.63, 3.8) is 0 Å². The molecule has 0 spiro atoms. The Morgan fingerprint density at radius 3 is 1.40 bits per heavy atom. The first kappa shape index (κ1) is 79.4. The van der Waals surface area contributed by atoms with Crippen LogP contribution in [0.1, 0.15) is 68.2 Å². The van der Waals surface area contributed by atoms with Crippen LogP contribution in [0.3, 0.4) is 0 Å². The van der Waals surface area contributed by atoms with Crippen LogP contribution in [0.4, 0.5) is 0 Å². The number of thioether (sulfide) groups is 2. The lowest BCUT2D eigenvalue weighted by Crippen LogP contribution is -2.62. The van der Waals surface area contributed by atoms with Crippen molar-refractivity contribution in [3.05, 3.63) is 144 Å². The number of para-hydroxylation sites is 3. The van der Waals surface area contributed by atoms with Crippen molar-refractivity contribution in [2.24, 2.45) is 11.7 Å². The van der Waals surface area contributed by atoms with Crippen LogP contribution in [0, 0.1) is 5.92 Å². The molecule has 0 radical (unpaired) electrons. The monoisotopic (exact) mass is 1470 g/mol. The van der Waals surface area contributed by atoms with E-state index in [4.69, 9.17) is 5.73 Å². The number of likely N-dealkylation sites (tertiary alicyclic amines) is 1. The van der Waals surface area contributed by atoms with E-state index in [0.717, 1.165) is 16.5 Å². The van der Waals surface area contributed by atoms with Crippen molar-refractivity contribution in [2.45, 2.75) is 138 Å². The van der Waals surface area contributed by atoms with E-state index in [-0.39, 0.29) is 50.8 Å². The lowest BCUT2D eigenvalue weighted by atomic mass is 10.00. The molecular formula is C72H90N14O16S2. The predicted octanol–water partition coefficient (Wildman–Crippen LogP) is 0.789. The predicted molar refractivity (Wildman–Crippen MR) is 391 cm³/mol. The van der Waals surface area contributed by atoms with Crippen LogP contribution in [0.2, 0.25) is 0 Å². The normalized spacial score (nSPS) is 15.8. The van der Waals surface area contributed by atoms with Crippen LogP contribution < -0.4 is 53.6 Å². The molecule has 1 aliphatic heterocycles. The molecular weight excluding hydrogens is 1380 g/mol. The number of carbonyl (C=O) groups excluding carboxylic acids is 10. The number of fused-ring (bicyclic) bond motifs is 3. The fourth-order valence-electron chi connectivity index (χ4n) is 12.3. The Hall–Kier alpha value is -10.3. The van der Waals surface area contributed by atoms with Crippen molar-refractivity contribution < 1.29 is 78.0 Å². The van der Waals surface area contributed by atoms with E-state index in [1.165, 1.54) is 28.4 Å². The molecule has 0 unspecified atom stereocenters. The third-order valence-electron chi connectivity index (χ3n) is 18.0. The number of hydrogen-bond donors (Lipinski definition) is 17. The molecule has 4 heterocycles. The highest BCUT2D eigenvalue weighted by Crippen LogP contribution is 2.26. The number of benzene rings is 4. The summed E-state index contributed by atoms with van der Waals surface area (Å²) in [6, 6.07) is 13.7. The first-order valence-electron chi connectivity index (χ1n) is 34.0. The number of aliphatic carboxylic acids is 2. The Labute approximate surface area is 607 Å². The molecule has 4 aromatic carbocycles. The number of nitrogens with zero attached hydrogens (tertiary/aromatic N) is 1. The van der Waals surface area contributed by atoms with Gasteiger partial charge in [0, 0.05) is 83.5 Å². The Balaban J connectivity index is 0.985. The summed E-state index contributed by atoms with van der Waals surface area (Å²) in [4.78, 5) is 180. The van der Waals surface area contributed by atoms with Crippen LogP contribution in [-0.4, -0.2) is 222 Å². The van der Waals surface area contributed by atoms with Gasteiger partial charge in [-0.05, 0) is 96.1 Å². The zero-order chi connectivity index (χ0) is 75.1. The molecule has 11 atom stereocenters. The van der Waals surface area contributed by atoms with Crippen molar-refractivity contribution in [1.29, 1.82) is 0 Å². The standard InChI is InChI=1S/C72H90N14O16S2/c1-39(2)61(70(99)81-52(29-40-15-6-5-7-16-40)64(93)83-57(37-87)68(97)78-53(66(95)84-58(38-88)72(101)102)30-41-34-74-48-20-11-8-17-44(41)48)85-63(92)51(25-28-104-4)77-67(96)55(33-60(89)90)79-65(94)54(31-42-35-75-49-21-12-9-18-45(42)49)80-69(98)59-23-14-26-86(59)71(100)56(82-62(91)47(73)24-27-103-3)32-43-36-76-50-22-13-10-19-46(43)50/h5-13,15-22,34-36,39,47,51-59,61,74-76,87-88H,14,23-33,37-38,73H2,1-4H3,(H,77,96)(H,78,97)(H,79,94)(H,80,98)(H,81,99)(H,82,91)(H,83,93)(H,84,95)(H,85,92)(H,89,90)(H,101,102)/t47-,51-,52-,53-,54-,55-,56-,57-,58-,59-,61-/m0/s1. The van der Waals surface area contributed by atoms with Gasteiger partial charge in [0.25, 0.3) is 0 Å². The van der Waals surface area contributed by atoms with E-state index in [2.05, 4.69) is 62.8 Å². The highest BCUT2D eigenvalue weighted by Gasteiger charge is 2.42. The van der Waals surface area contributed by atoms with Crippen LogP contribution in [0.25, 0.3) is 32.7 Å². The van der Waals surface area contributed by atoms with Crippen molar-refractivity contribution >= 4 is 127 Å². The molecule has 32 heteroatoms. The average Bonchev–Trinajstić information content (AvgIpc) is 1.62. The smallest absolute Gasteiger partial charge is 0.328 e. The van der Waals surface area contributed by atoms with Gasteiger partial charge in [-0.3, -0.25) is 52.7 Å². The number of aromatic amines is 3. The molecule has 0 bridgehead atoms. The molecule has 30 nitrogen and oxygen atoms in total. The van der Waals surface area contributed by atoms with Crippen molar-refractivity contribution in [3.8, 4) is 0 Å². The van der Waals surface area contributed by atoms with Crippen LogP contribution in [0.15, 0.2) is 122 Å². The molecule has 0 aliphatic carbocycles. The molecule has 10 amide bonds. The average molecular weight is 1470 g/mol. The fraction of sp³-hybridized carbons (Fsp3) is 0.417. The van der Waals surface area contributed by atoms with Crippen LogP contribution >= 0.6 is 23.5 Å². The van der Waals surface area contributed by atoms with Gasteiger partial charge in [0.05, 0.1) is 25.7 Å². The zero-order valence-electron chi connectivity index (χ0n) is 57.9. The summed E-state index contributed by atoms with van der Waals surface area (Å²) in [6.07, 6.45) is 7.71. The number of aliphatic hydroxyl groups is 2. The number of carbonyl (C=O) groups is 12. The molecule has 1 aliphatic rings. The van der Waals surface area contributed by atoms with Gasteiger partial charge in [0.2, 0.25) is 59.1 Å². The Morgan fingerprint density at radius 1 is 0.481 bits per heavy atom. The number of aromatic nitrogens is 3. The highest BCUT2D eigenvalue weighted by atomic mass is 32.2. The maximum absolute atomic E-state index is 14.9. The SMILES string of the molecule is CSCC[C@H](NC(=O)[C@H](CC(=O)O)NC(=O)[C@H](Cc1c[nH]c2ccccc12)NC(=O)[C@@H]1CCCN1C(=O)[C@H](Cc1c[nH]c2ccccc12)NC(=O)[C@@H](N)CCSC)C(=O)N[C@H](C(=O)N[C@@H](Cc1ccccc1)C(=O)N[C@@H](CO)C(=O)N[C@@H](Cc1c[nH]c2ccccc12)C(=O)N[C@@H](CO)C(=O)O)C(C)C. The van der Waals surface area contributed by atoms with Gasteiger partial charge in [-0.15, -0.1) is 0 Å². The van der Waals surface area contributed by atoms with Gasteiger partial charge in [-0.2, -0.15) is 23.5 Å². The zero-order valence-corrected chi connectivity index (χ0v) is 59.5. The van der Waals surface area contributed by atoms with Gasteiger partial charge >= 0.3 is 11.9 Å². The molecule has 1 fully saturated rings. The minimum Gasteiger partial charge on any atom is -0.481 e. The van der Waals surface area contributed by atoms with Crippen LogP contribution in [-0.2, 0) is 83.2 Å². The Bertz CT molecular complexity index is 4190. The third kappa shape index (κ3) is 21.4. The summed E-state index contributed by atoms with van der Waals surface area (Å²) in [5.74, 6) is -12.0. The summed E-state index contributed by atoms with van der Waals surface area (Å²) in [5.41, 5.74) is 10.8. The van der Waals surface area contributed by atoms with Crippen molar-refractivity contribution in [1.82, 2.24) is 67.7 Å². The minimum atomic E-state index is -1.89. The number of H-pyrrole nitrogens is 3. The number of hydrogen-bond acceptors (Lipinski definition) is 17. The topological polar surface area (TPSA) is 471 Å². The number of nitrogens with two attached hydrogens (primary N) is 1. The molecule has 3 aromatic heterocycles. The van der Waals surface area contributed by atoms with Gasteiger partial charge < -0.3 is 93.9 Å². The largest absolute Gasteiger partial charge is 0.481 e. The third-order valence-corrected chi connectivity index (χ3v) is 19.3. The maximum Gasteiger partial charge on any atom is 0.328 e. The number of carboxylic acids is 2. The maximum atomic E-state index is 14.9. The van der Waals surface area contributed by atoms with E-state index in [1.54, 1.807) is 118 Å². The molecule has 1 saturated heterocycles. The molecule has 7 aromatic rings. The number of carboxylic acid groups (broad SMARTS) is 2. The van der Waals surface area contributed by atoms with E-state index >= 15 is 0 Å². The summed E-state index contributed by atoms with van der Waals surface area (Å²) < 4.78 is 0. The second kappa shape index (κ2) is 38.3. The molecule has 556 valence electrons. The molecule has 0 saturated carbocycles. The van der Waals surface area contributed by atoms with E-state index in [9.17, 15) is 78.0 Å². The summed E-state index contributed by atoms with van der Waals surface area (Å²) in [6.45, 7) is 1.25. The molecule has 104 heavy (non-hydrogen) atoms. The number of amides is 10. The first-order valence-corrected chi connectivity index (χ1v) is 36.8. The number of aliphatic hydroxyl groups excluding tert-OH is 2. The van der Waals surface area contributed by atoms with E-state index in [0.29, 0.717) is 57.1 Å². The Kier molecular flexibility index (Phi) is 29.2.